The molecule has 0 amide bonds. The number of nitrogens with zero attached hydrogens (tertiary/aromatic N) is 2. The molecule has 0 bridgehead atoms. The molecule has 5 nitrogen and oxygen atoms in total. The van der Waals surface area contributed by atoms with Crippen LogP contribution in [0.3, 0.4) is 0 Å². The van der Waals surface area contributed by atoms with Crippen molar-refractivity contribution < 1.29 is 8.42 Å². The highest BCUT2D eigenvalue weighted by molar-refractivity contribution is 7.98. The molecule has 0 fully saturated rings. The number of thioether (sulfide) groups is 1. The third kappa shape index (κ3) is 3.29. The lowest BCUT2D eigenvalue weighted by Gasteiger charge is -2.06. The van der Waals surface area contributed by atoms with Crippen molar-refractivity contribution in [2.75, 3.05) is 6.26 Å². The Hall–Kier alpha value is -0.960. The average molecular weight is 301 g/mol. The van der Waals surface area contributed by atoms with Gasteiger partial charge in [0.15, 0.2) is 0 Å². The van der Waals surface area contributed by atoms with Gasteiger partial charge in [0.1, 0.15) is 0 Å². The monoisotopic (exact) mass is 301 g/mol. The highest BCUT2D eigenvalue weighted by atomic mass is 32.2. The van der Waals surface area contributed by atoms with E-state index in [0.29, 0.717) is 5.69 Å². The fourth-order valence-corrected chi connectivity index (χ4v) is 3.29. The van der Waals surface area contributed by atoms with Crippen molar-refractivity contribution in [3.63, 3.8) is 0 Å². The van der Waals surface area contributed by atoms with Crippen LogP contribution >= 0.6 is 23.5 Å². The van der Waals surface area contributed by atoms with Crippen molar-refractivity contribution in [2.24, 2.45) is 0 Å². The summed E-state index contributed by atoms with van der Waals surface area (Å²) in [6.45, 7) is 0.155. The second-order valence-corrected chi connectivity index (χ2v) is 6.61. The molecule has 0 radical (unpaired) electrons. The second kappa shape index (κ2) is 5.79. The minimum atomic E-state index is -3.50. The Bertz CT molecular complexity index is 611. The van der Waals surface area contributed by atoms with Crippen LogP contribution in [-0.4, -0.2) is 23.4 Å². The highest BCUT2D eigenvalue weighted by Crippen LogP contribution is 2.19. The largest absolute Gasteiger partial charge is 0.240 e. The number of nitrogens with one attached hydrogen (secondary N) is 1. The van der Waals surface area contributed by atoms with Crippen LogP contribution in [0.4, 0.5) is 0 Å². The van der Waals surface area contributed by atoms with Crippen LogP contribution in [0.1, 0.15) is 5.69 Å². The lowest BCUT2D eigenvalue weighted by molar-refractivity contribution is 0.580. The molecule has 1 aromatic heterocycles. The zero-order chi connectivity index (χ0) is 13.0. The normalized spacial score (nSPS) is 11.6. The summed E-state index contributed by atoms with van der Waals surface area (Å²) < 4.78 is 34.3. The molecule has 1 N–H and O–H groups in total. The Kier molecular flexibility index (Phi) is 4.33. The van der Waals surface area contributed by atoms with Gasteiger partial charge >= 0.3 is 0 Å². The first kappa shape index (κ1) is 13.5. The molecule has 0 saturated carbocycles. The maximum absolute atomic E-state index is 12.0. The summed E-state index contributed by atoms with van der Waals surface area (Å²) in [5, 5.41) is 0. The van der Waals surface area contributed by atoms with Gasteiger partial charge in [-0.15, -0.1) is 11.8 Å². The van der Waals surface area contributed by atoms with Crippen LogP contribution in [0.25, 0.3) is 0 Å². The quantitative estimate of drug-likeness (QED) is 0.852. The fourth-order valence-electron chi connectivity index (χ4n) is 1.28. The van der Waals surface area contributed by atoms with E-state index in [0.717, 1.165) is 16.6 Å². The zero-order valence-electron chi connectivity index (χ0n) is 9.53. The molecular weight excluding hydrogens is 290 g/mol. The molecule has 0 unspecified atom stereocenters. The molecule has 1 aromatic carbocycles. The van der Waals surface area contributed by atoms with E-state index in [-0.39, 0.29) is 11.4 Å². The van der Waals surface area contributed by atoms with Crippen LogP contribution in [0, 0.1) is 0 Å². The third-order valence-corrected chi connectivity index (χ3v) is 4.84. The molecule has 1 heterocycles. The number of sulfonamides is 1. The van der Waals surface area contributed by atoms with Gasteiger partial charge in [-0.1, -0.05) is 6.07 Å². The van der Waals surface area contributed by atoms with Crippen LogP contribution in [0.5, 0.6) is 0 Å². The van der Waals surface area contributed by atoms with E-state index >= 15 is 0 Å². The summed E-state index contributed by atoms with van der Waals surface area (Å²) in [5.41, 5.74) is 0.615. The van der Waals surface area contributed by atoms with Gasteiger partial charge in [-0.3, -0.25) is 0 Å². The minimum absolute atomic E-state index is 0.155. The molecule has 0 atom stereocenters. The van der Waals surface area contributed by atoms with Gasteiger partial charge in [-0.25, -0.2) is 13.1 Å². The Morgan fingerprint density at radius 3 is 2.94 bits per heavy atom. The SMILES string of the molecule is CSc1cccc(S(=O)(=O)NCc2cnsn2)c1. The van der Waals surface area contributed by atoms with Crippen LogP contribution in [-0.2, 0) is 16.6 Å². The van der Waals surface area contributed by atoms with Crippen molar-refractivity contribution in [1.82, 2.24) is 13.5 Å². The Morgan fingerprint density at radius 1 is 1.44 bits per heavy atom. The van der Waals surface area contributed by atoms with Gasteiger partial charge in [0, 0.05) is 4.90 Å². The van der Waals surface area contributed by atoms with Gasteiger partial charge in [-0.05, 0) is 24.5 Å². The average Bonchev–Trinajstić information content (AvgIpc) is 2.90. The fraction of sp³-hybridized carbons (Fsp3) is 0.200. The Morgan fingerprint density at radius 2 is 2.28 bits per heavy atom. The maximum atomic E-state index is 12.0. The molecule has 18 heavy (non-hydrogen) atoms. The molecule has 2 aromatic rings. The first-order valence-corrected chi connectivity index (χ1v) is 8.46. The molecule has 0 aliphatic rings. The topological polar surface area (TPSA) is 72.0 Å². The molecule has 2 rings (SSSR count). The third-order valence-electron chi connectivity index (χ3n) is 2.20. The summed E-state index contributed by atoms with van der Waals surface area (Å²) in [7, 11) is -3.50. The van der Waals surface area contributed by atoms with E-state index in [1.54, 1.807) is 24.4 Å². The molecule has 8 heteroatoms. The van der Waals surface area contributed by atoms with Crippen molar-refractivity contribution in [3.8, 4) is 0 Å². The zero-order valence-corrected chi connectivity index (χ0v) is 12.0. The molecule has 96 valence electrons. The predicted molar refractivity (Wildman–Crippen MR) is 72.2 cm³/mol. The molecular formula is C10H11N3O2S3. The summed E-state index contributed by atoms with van der Waals surface area (Å²) in [6.07, 6.45) is 3.45. The number of benzene rings is 1. The van der Waals surface area contributed by atoms with Crippen molar-refractivity contribution in [2.45, 2.75) is 16.3 Å². The van der Waals surface area contributed by atoms with Crippen LogP contribution in [0.2, 0.25) is 0 Å². The van der Waals surface area contributed by atoms with Crippen molar-refractivity contribution >= 4 is 33.5 Å². The lowest BCUT2D eigenvalue weighted by atomic mass is 10.4. The van der Waals surface area contributed by atoms with Gasteiger partial charge in [0.2, 0.25) is 10.0 Å². The van der Waals surface area contributed by atoms with E-state index in [9.17, 15) is 8.42 Å². The van der Waals surface area contributed by atoms with Gasteiger partial charge in [0.05, 0.1) is 35.1 Å². The number of hydrogen-bond acceptors (Lipinski definition) is 6. The number of aromatic nitrogens is 2. The number of hydrogen-bond donors (Lipinski definition) is 1. The standard InChI is InChI=1S/C10H11N3O2S3/c1-16-9-3-2-4-10(5-9)18(14,15)12-7-8-6-11-17-13-8/h2-6,12H,7H2,1H3. The van der Waals surface area contributed by atoms with E-state index in [4.69, 9.17) is 0 Å². The molecule has 0 spiro atoms. The molecule has 0 aliphatic heterocycles. The summed E-state index contributed by atoms with van der Waals surface area (Å²) >= 11 is 2.56. The van der Waals surface area contributed by atoms with E-state index in [1.807, 2.05) is 12.3 Å². The van der Waals surface area contributed by atoms with E-state index < -0.39 is 10.0 Å². The van der Waals surface area contributed by atoms with E-state index in [1.165, 1.54) is 11.8 Å². The highest BCUT2D eigenvalue weighted by Gasteiger charge is 2.14. The lowest BCUT2D eigenvalue weighted by Crippen LogP contribution is -2.23. The first-order valence-electron chi connectivity index (χ1n) is 5.02. The minimum Gasteiger partial charge on any atom is -0.207 e. The van der Waals surface area contributed by atoms with Crippen LogP contribution < -0.4 is 4.72 Å². The van der Waals surface area contributed by atoms with Gasteiger partial charge in [0.25, 0.3) is 0 Å². The number of rotatable bonds is 5. The Labute approximate surface area is 114 Å². The maximum Gasteiger partial charge on any atom is 0.240 e. The molecule has 0 saturated heterocycles. The van der Waals surface area contributed by atoms with Gasteiger partial charge < -0.3 is 0 Å². The van der Waals surface area contributed by atoms with Crippen molar-refractivity contribution in [3.05, 3.63) is 36.2 Å². The summed E-state index contributed by atoms with van der Waals surface area (Å²) in [6, 6.07) is 6.81. The van der Waals surface area contributed by atoms with Crippen molar-refractivity contribution in [1.29, 1.82) is 0 Å². The molecule has 0 aliphatic carbocycles. The summed E-state index contributed by atoms with van der Waals surface area (Å²) in [5.74, 6) is 0. The van der Waals surface area contributed by atoms with E-state index in [2.05, 4.69) is 13.5 Å². The Balaban J connectivity index is 2.14. The summed E-state index contributed by atoms with van der Waals surface area (Å²) in [4.78, 5) is 1.17. The van der Waals surface area contributed by atoms with Gasteiger partial charge in [-0.2, -0.15) is 8.75 Å². The first-order chi connectivity index (χ1) is 8.62. The second-order valence-electron chi connectivity index (χ2n) is 3.40. The predicted octanol–water partition coefficient (Wildman–Crippen LogP) is 1.74. The smallest absolute Gasteiger partial charge is 0.207 e. The van der Waals surface area contributed by atoms with Crippen LogP contribution in [0.15, 0.2) is 40.3 Å².